The van der Waals surface area contributed by atoms with Crippen LogP contribution in [0.1, 0.15) is 11.1 Å². The number of fused-ring (bicyclic) bond motifs is 1. The van der Waals surface area contributed by atoms with E-state index in [0.717, 1.165) is 12.1 Å². The van der Waals surface area contributed by atoms with E-state index in [-0.39, 0.29) is 23.3 Å². The molecule has 124 valence electrons. The highest BCUT2D eigenvalue weighted by molar-refractivity contribution is 5.78. The summed E-state index contributed by atoms with van der Waals surface area (Å²) in [5.41, 5.74) is -0.973. The third-order valence-electron chi connectivity index (χ3n) is 3.29. The van der Waals surface area contributed by atoms with Gasteiger partial charge in [0, 0.05) is 0 Å². The van der Waals surface area contributed by atoms with E-state index in [1.165, 1.54) is 30.3 Å². The van der Waals surface area contributed by atoms with Gasteiger partial charge in [-0.3, -0.25) is 4.98 Å². The van der Waals surface area contributed by atoms with Crippen molar-refractivity contribution in [3.63, 3.8) is 0 Å². The molecule has 0 atom stereocenters. The summed E-state index contributed by atoms with van der Waals surface area (Å²) in [6.45, 7) is -0.107. The maximum atomic E-state index is 12.7. The summed E-state index contributed by atoms with van der Waals surface area (Å²) in [6.07, 6.45) is -4.43. The lowest BCUT2D eigenvalue weighted by Crippen LogP contribution is -2.14. The smallest absolute Gasteiger partial charge is 0.419 e. The van der Waals surface area contributed by atoms with Gasteiger partial charge in [-0.05, 0) is 35.9 Å². The first-order chi connectivity index (χ1) is 11.3. The number of H-pyrrole nitrogens is 1. The first kappa shape index (κ1) is 15.9. The second-order valence-electron chi connectivity index (χ2n) is 5.00. The fourth-order valence-electron chi connectivity index (χ4n) is 2.17. The first-order valence-electron chi connectivity index (χ1n) is 6.79. The van der Waals surface area contributed by atoms with Gasteiger partial charge in [-0.15, -0.1) is 0 Å². The number of hydrogen-bond acceptors (Lipinski definition) is 4. The lowest BCUT2D eigenvalue weighted by Gasteiger charge is -2.10. The molecule has 0 unspecified atom stereocenters. The Balaban J connectivity index is 1.84. The van der Waals surface area contributed by atoms with E-state index in [1.807, 2.05) is 0 Å². The van der Waals surface area contributed by atoms with Crippen LogP contribution in [-0.4, -0.2) is 4.98 Å². The van der Waals surface area contributed by atoms with Gasteiger partial charge in [0.1, 0.15) is 12.4 Å². The van der Waals surface area contributed by atoms with E-state index >= 15 is 0 Å². The third kappa shape index (κ3) is 3.32. The minimum absolute atomic E-state index is 0.107. The molecular weight excluding hydrogens is 327 g/mol. The van der Waals surface area contributed by atoms with Crippen molar-refractivity contribution >= 4 is 10.9 Å². The van der Waals surface area contributed by atoms with E-state index in [0.29, 0.717) is 5.56 Å². The summed E-state index contributed by atoms with van der Waals surface area (Å²) in [6, 6.07) is 9.06. The monoisotopic (exact) mass is 337 g/mol. The van der Waals surface area contributed by atoms with Gasteiger partial charge >= 0.3 is 17.6 Å². The molecule has 0 radical (unpaired) electrons. The van der Waals surface area contributed by atoms with Crippen LogP contribution in [0.15, 0.2) is 56.5 Å². The Hall–Kier alpha value is -3.03. The molecule has 0 bridgehead atoms. The van der Waals surface area contributed by atoms with Crippen LogP contribution in [0.3, 0.4) is 0 Å². The molecule has 0 aliphatic heterocycles. The van der Waals surface area contributed by atoms with E-state index < -0.39 is 23.1 Å². The molecule has 0 amide bonds. The van der Waals surface area contributed by atoms with E-state index in [1.54, 1.807) is 0 Å². The number of rotatable bonds is 3. The molecule has 1 aromatic heterocycles. The molecule has 3 aromatic rings. The molecule has 0 saturated heterocycles. The number of halogens is 3. The standard InChI is InChI=1S/C16H10F3NO4/c17-16(18,19)10-3-1-2-9(6-10)8-23-11-4-5-13-12(7-11)14(21)24-15(22)20-13/h1-7H,8H2,(H,20,22). The zero-order chi connectivity index (χ0) is 17.3. The van der Waals surface area contributed by atoms with Gasteiger partial charge in [0.25, 0.3) is 0 Å². The Labute approximate surface area is 132 Å². The van der Waals surface area contributed by atoms with Gasteiger partial charge < -0.3 is 9.15 Å². The fourth-order valence-corrected chi connectivity index (χ4v) is 2.17. The Kier molecular flexibility index (Phi) is 3.88. The van der Waals surface area contributed by atoms with Crippen molar-refractivity contribution < 1.29 is 22.3 Å². The predicted octanol–water partition coefficient (Wildman–Crippen LogP) is 3.08. The van der Waals surface area contributed by atoms with Gasteiger partial charge in [-0.2, -0.15) is 13.2 Å². The highest BCUT2D eigenvalue weighted by Gasteiger charge is 2.30. The van der Waals surface area contributed by atoms with Crippen LogP contribution in [-0.2, 0) is 12.8 Å². The highest BCUT2D eigenvalue weighted by atomic mass is 19.4. The van der Waals surface area contributed by atoms with Gasteiger partial charge in [0.15, 0.2) is 0 Å². The predicted molar refractivity (Wildman–Crippen MR) is 78.9 cm³/mol. The van der Waals surface area contributed by atoms with Gasteiger partial charge in [0.2, 0.25) is 0 Å². The van der Waals surface area contributed by atoms with Crippen molar-refractivity contribution in [3.05, 3.63) is 74.6 Å². The van der Waals surface area contributed by atoms with Crippen molar-refractivity contribution in [2.45, 2.75) is 12.8 Å². The van der Waals surface area contributed by atoms with Crippen molar-refractivity contribution in [2.24, 2.45) is 0 Å². The van der Waals surface area contributed by atoms with Crippen LogP contribution in [0, 0.1) is 0 Å². The number of hydrogen-bond donors (Lipinski definition) is 1. The van der Waals surface area contributed by atoms with Crippen LogP contribution in [0.25, 0.3) is 10.9 Å². The van der Waals surface area contributed by atoms with Crippen LogP contribution < -0.4 is 16.1 Å². The Morgan fingerprint density at radius 1 is 1.08 bits per heavy atom. The topological polar surface area (TPSA) is 72.3 Å². The number of alkyl halides is 3. The molecule has 1 N–H and O–H groups in total. The zero-order valence-corrected chi connectivity index (χ0v) is 12.0. The van der Waals surface area contributed by atoms with E-state index in [4.69, 9.17) is 4.74 Å². The van der Waals surface area contributed by atoms with Crippen molar-refractivity contribution in [1.82, 2.24) is 4.98 Å². The van der Waals surface area contributed by atoms with Crippen molar-refractivity contribution in [3.8, 4) is 5.75 Å². The molecule has 0 saturated carbocycles. The molecule has 0 aliphatic carbocycles. The lowest BCUT2D eigenvalue weighted by atomic mass is 10.1. The molecule has 5 nitrogen and oxygen atoms in total. The second kappa shape index (κ2) is 5.88. The molecule has 2 aromatic carbocycles. The molecule has 8 heteroatoms. The lowest BCUT2D eigenvalue weighted by molar-refractivity contribution is -0.137. The molecule has 0 aliphatic rings. The SMILES string of the molecule is O=c1[nH]c2ccc(OCc3cccc(C(F)(F)F)c3)cc2c(=O)o1. The van der Waals surface area contributed by atoms with Crippen LogP contribution in [0.5, 0.6) is 5.75 Å². The van der Waals surface area contributed by atoms with E-state index in [9.17, 15) is 22.8 Å². The minimum Gasteiger partial charge on any atom is -0.489 e. The van der Waals surface area contributed by atoms with Crippen molar-refractivity contribution in [2.75, 3.05) is 0 Å². The molecule has 3 rings (SSSR count). The Morgan fingerprint density at radius 2 is 1.88 bits per heavy atom. The number of aromatic amines is 1. The minimum atomic E-state index is -4.43. The highest BCUT2D eigenvalue weighted by Crippen LogP contribution is 2.29. The van der Waals surface area contributed by atoms with Gasteiger partial charge in [0.05, 0.1) is 16.5 Å². The molecule has 0 fully saturated rings. The molecule has 0 spiro atoms. The summed E-state index contributed by atoms with van der Waals surface area (Å²) < 4.78 is 47.8. The quantitative estimate of drug-likeness (QED) is 0.797. The Morgan fingerprint density at radius 3 is 2.62 bits per heavy atom. The molecule has 24 heavy (non-hydrogen) atoms. The second-order valence-corrected chi connectivity index (χ2v) is 5.00. The summed E-state index contributed by atoms with van der Waals surface area (Å²) in [5.74, 6) is -0.607. The largest absolute Gasteiger partial charge is 0.489 e. The number of ether oxygens (including phenoxy) is 1. The summed E-state index contributed by atoms with van der Waals surface area (Å²) in [5, 5.41) is 0.108. The van der Waals surface area contributed by atoms with Crippen LogP contribution >= 0.6 is 0 Å². The average molecular weight is 337 g/mol. The van der Waals surface area contributed by atoms with Gasteiger partial charge in [-0.25, -0.2) is 9.59 Å². The third-order valence-corrected chi connectivity index (χ3v) is 3.29. The van der Waals surface area contributed by atoms with E-state index in [2.05, 4.69) is 9.40 Å². The zero-order valence-electron chi connectivity index (χ0n) is 12.0. The Bertz CT molecular complexity index is 1000. The molecular formula is C16H10F3NO4. The van der Waals surface area contributed by atoms with Crippen LogP contribution in [0.2, 0.25) is 0 Å². The maximum Gasteiger partial charge on any atom is 0.419 e. The summed E-state index contributed by atoms with van der Waals surface area (Å²) >= 11 is 0. The number of benzene rings is 2. The van der Waals surface area contributed by atoms with Crippen molar-refractivity contribution in [1.29, 1.82) is 0 Å². The maximum absolute atomic E-state index is 12.7. The number of nitrogens with one attached hydrogen (secondary N) is 1. The first-order valence-corrected chi connectivity index (χ1v) is 6.79. The summed E-state index contributed by atoms with van der Waals surface area (Å²) in [7, 11) is 0. The summed E-state index contributed by atoms with van der Waals surface area (Å²) in [4.78, 5) is 25.0. The average Bonchev–Trinajstić information content (AvgIpc) is 2.52. The van der Waals surface area contributed by atoms with Crippen LogP contribution in [0.4, 0.5) is 13.2 Å². The normalized spacial score (nSPS) is 11.6. The fraction of sp³-hybridized carbons (Fsp3) is 0.125. The van der Waals surface area contributed by atoms with Gasteiger partial charge in [-0.1, -0.05) is 12.1 Å². The number of aromatic nitrogens is 1. The molecule has 1 heterocycles.